The average Bonchev–Trinajstić information content (AvgIpc) is 2.70. The van der Waals surface area contributed by atoms with Gasteiger partial charge >= 0.3 is 0 Å². The van der Waals surface area contributed by atoms with E-state index < -0.39 is 0 Å². The third-order valence-corrected chi connectivity index (χ3v) is 2.79. The first-order valence-corrected chi connectivity index (χ1v) is 5.21. The molecule has 13 heavy (non-hydrogen) atoms. The number of rotatable bonds is 3. The van der Waals surface area contributed by atoms with Gasteiger partial charge < -0.3 is 4.42 Å². The molecule has 3 nitrogen and oxygen atoms in total. The molecule has 2 heterocycles. The molecule has 0 atom stereocenters. The second kappa shape index (κ2) is 3.89. The molecule has 2 rings (SSSR count). The Morgan fingerprint density at radius 3 is 3.15 bits per heavy atom. The zero-order chi connectivity index (χ0) is 9.10. The van der Waals surface area contributed by atoms with E-state index in [1.165, 1.54) is 11.3 Å². The third-order valence-electron chi connectivity index (χ3n) is 1.60. The van der Waals surface area contributed by atoms with Crippen LogP contribution in [0.15, 0.2) is 22.3 Å². The highest BCUT2D eigenvalue weighted by atomic mass is 35.5. The SMILES string of the molecule is ClCCc1cc(-c2nnco2)cs1. The number of hydrogen-bond donors (Lipinski definition) is 0. The van der Waals surface area contributed by atoms with Crippen molar-refractivity contribution in [3.05, 3.63) is 22.7 Å². The first-order valence-electron chi connectivity index (χ1n) is 3.80. The van der Waals surface area contributed by atoms with E-state index in [4.69, 9.17) is 16.0 Å². The Morgan fingerprint density at radius 2 is 2.46 bits per heavy atom. The third kappa shape index (κ3) is 1.89. The van der Waals surface area contributed by atoms with Crippen LogP contribution in [0.3, 0.4) is 0 Å². The zero-order valence-corrected chi connectivity index (χ0v) is 8.31. The van der Waals surface area contributed by atoms with E-state index in [-0.39, 0.29) is 0 Å². The fraction of sp³-hybridized carbons (Fsp3) is 0.250. The van der Waals surface area contributed by atoms with Crippen LogP contribution in [0, 0.1) is 0 Å². The van der Waals surface area contributed by atoms with Crippen LogP contribution in [0.2, 0.25) is 0 Å². The topological polar surface area (TPSA) is 38.9 Å². The summed E-state index contributed by atoms with van der Waals surface area (Å²) in [5.41, 5.74) is 0.975. The van der Waals surface area contributed by atoms with Gasteiger partial charge in [0, 0.05) is 21.7 Å². The number of aromatic nitrogens is 2. The minimum Gasteiger partial charge on any atom is -0.423 e. The second-order valence-corrected chi connectivity index (χ2v) is 3.86. The van der Waals surface area contributed by atoms with E-state index >= 15 is 0 Å². The van der Waals surface area contributed by atoms with Crippen LogP contribution in [0.5, 0.6) is 0 Å². The Hall–Kier alpha value is -0.870. The van der Waals surface area contributed by atoms with Gasteiger partial charge in [0.2, 0.25) is 12.3 Å². The molecule has 0 fully saturated rings. The highest BCUT2D eigenvalue weighted by Crippen LogP contribution is 2.23. The van der Waals surface area contributed by atoms with E-state index in [0.717, 1.165) is 12.0 Å². The standard InChI is InChI=1S/C8H7ClN2OS/c9-2-1-7-3-6(4-13-7)8-11-10-5-12-8/h3-5H,1-2H2. The number of alkyl halides is 1. The summed E-state index contributed by atoms with van der Waals surface area (Å²) < 4.78 is 5.06. The summed E-state index contributed by atoms with van der Waals surface area (Å²) in [4.78, 5) is 1.24. The van der Waals surface area contributed by atoms with Crippen LogP contribution in [-0.2, 0) is 6.42 Å². The molecule has 0 saturated heterocycles. The van der Waals surface area contributed by atoms with Crippen LogP contribution in [-0.4, -0.2) is 16.1 Å². The molecule has 2 aromatic rings. The summed E-state index contributed by atoms with van der Waals surface area (Å²) in [7, 11) is 0. The van der Waals surface area contributed by atoms with Gasteiger partial charge in [-0.05, 0) is 12.5 Å². The van der Waals surface area contributed by atoms with Crippen LogP contribution >= 0.6 is 22.9 Å². The summed E-state index contributed by atoms with van der Waals surface area (Å²) in [5, 5.41) is 9.43. The number of aryl methyl sites for hydroxylation is 1. The Morgan fingerprint density at radius 1 is 1.54 bits per heavy atom. The lowest BCUT2D eigenvalue weighted by molar-refractivity contribution is 0.569. The summed E-state index contributed by atoms with van der Waals surface area (Å²) >= 11 is 7.29. The molecule has 2 aromatic heterocycles. The molecule has 0 aliphatic heterocycles. The first-order chi connectivity index (χ1) is 6.40. The number of halogens is 1. The predicted molar refractivity (Wildman–Crippen MR) is 52.0 cm³/mol. The largest absolute Gasteiger partial charge is 0.423 e. The second-order valence-electron chi connectivity index (χ2n) is 2.48. The minimum absolute atomic E-state index is 0.567. The molecule has 0 saturated carbocycles. The fourth-order valence-electron chi connectivity index (χ4n) is 1.02. The van der Waals surface area contributed by atoms with Crippen LogP contribution in [0.1, 0.15) is 4.88 Å². The van der Waals surface area contributed by atoms with Gasteiger partial charge in [0.25, 0.3) is 0 Å². The van der Waals surface area contributed by atoms with Gasteiger partial charge in [0.05, 0.1) is 0 Å². The van der Waals surface area contributed by atoms with Crippen molar-refractivity contribution in [1.29, 1.82) is 0 Å². The van der Waals surface area contributed by atoms with E-state index in [2.05, 4.69) is 10.2 Å². The maximum Gasteiger partial charge on any atom is 0.248 e. The molecule has 0 aliphatic carbocycles. The highest BCUT2D eigenvalue weighted by molar-refractivity contribution is 7.10. The molecule has 0 amide bonds. The summed E-state index contributed by atoms with van der Waals surface area (Å²) in [6.45, 7) is 0. The lowest BCUT2D eigenvalue weighted by Gasteiger charge is -1.86. The number of nitrogens with zero attached hydrogens (tertiary/aromatic N) is 2. The summed E-state index contributed by atoms with van der Waals surface area (Å²) in [6.07, 6.45) is 2.22. The molecule has 0 N–H and O–H groups in total. The van der Waals surface area contributed by atoms with Crippen LogP contribution in [0.4, 0.5) is 0 Å². The number of thiophene rings is 1. The fourth-order valence-corrected chi connectivity index (χ4v) is 2.19. The minimum atomic E-state index is 0.567. The summed E-state index contributed by atoms with van der Waals surface area (Å²) in [5.74, 6) is 1.21. The summed E-state index contributed by atoms with van der Waals surface area (Å²) in [6, 6.07) is 2.03. The Kier molecular flexibility index (Phi) is 2.61. The van der Waals surface area contributed by atoms with Crippen molar-refractivity contribution in [2.75, 3.05) is 5.88 Å². The Balaban J connectivity index is 2.23. The van der Waals surface area contributed by atoms with Gasteiger partial charge in [-0.2, -0.15) is 0 Å². The molecule has 68 valence electrons. The molecule has 0 unspecified atom stereocenters. The normalized spacial score (nSPS) is 10.5. The van der Waals surface area contributed by atoms with Crippen molar-refractivity contribution in [3.63, 3.8) is 0 Å². The average molecular weight is 215 g/mol. The Labute approximate surface area is 84.4 Å². The van der Waals surface area contributed by atoms with Crippen LogP contribution < -0.4 is 0 Å². The van der Waals surface area contributed by atoms with E-state index in [9.17, 15) is 0 Å². The van der Waals surface area contributed by atoms with Gasteiger partial charge in [-0.25, -0.2) is 0 Å². The van der Waals surface area contributed by atoms with Crippen molar-refractivity contribution in [2.24, 2.45) is 0 Å². The van der Waals surface area contributed by atoms with Gasteiger partial charge in [-0.3, -0.25) is 0 Å². The van der Waals surface area contributed by atoms with Gasteiger partial charge in [-0.15, -0.1) is 33.1 Å². The van der Waals surface area contributed by atoms with Gasteiger partial charge in [0.1, 0.15) is 0 Å². The van der Waals surface area contributed by atoms with Crippen molar-refractivity contribution in [2.45, 2.75) is 6.42 Å². The maximum atomic E-state index is 5.63. The highest BCUT2D eigenvalue weighted by Gasteiger charge is 2.05. The van der Waals surface area contributed by atoms with E-state index in [0.29, 0.717) is 11.8 Å². The van der Waals surface area contributed by atoms with E-state index in [1.54, 1.807) is 11.3 Å². The van der Waals surface area contributed by atoms with Crippen molar-refractivity contribution < 1.29 is 4.42 Å². The predicted octanol–water partition coefficient (Wildman–Crippen LogP) is 2.58. The molecule has 0 radical (unpaired) electrons. The zero-order valence-electron chi connectivity index (χ0n) is 6.74. The molecule has 0 bridgehead atoms. The van der Waals surface area contributed by atoms with Crippen molar-refractivity contribution >= 4 is 22.9 Å². The smallest absolute Gasteiger partial charge is 0.248 e. The van der Waals surface area contributed by atoms with Crippen LogP contribution in [0.25, 0.3) is 11.5 Å². The maximum absolute atomic E-state index is 5.63. The van der Waals surface area contributed by atoms with Crippen molar-refractivity contribution in [3.8, 4) is 11.5 Å². The van der Waals surface area contributed by atoms with Gasteiger partial charge in [0.15, 0.2) is 0 Å². The molecular weight excluding hydrogens is 208 g/mol. The number of hydrogen-bond acceptors (Lipinski definition) is 4. The quantitative estimate of drug-likeness (QED) is 0.738. The molecule has 0 spiro atoms. The first kappa shape index (κ1) is 8.72. The van der Waals surface area contributed by atoms with Crippen molar-refractivity contribution in [1.82, 2.24) is 10.2 Å². The molecular formula is C8H7ClN2OS. The lowest BCUT2D eigenvalue weighted by Crippen LogP contribution is -1.78. The van der Waals surface area contributed by atoms with E-state index in [1.807, 2.05) is 11.4 Å². The molecule has 0 aromatic carbocycles. The Bertz CT molecular complexity index is 371. The molecule has 0 aliphatic rings. The van der Waals surface area contributed by atoms with Gasteiger partial charge in [-0.1, -0.05) is 0 Å². The molecule has 5 heteroatoms. The monoisotopic (exact) mass is 214 g/mol. The lowest BCUT2D eigenvalue weighted by atomic mass is 10.3.